The Balaban J connectivity index is 1.54. The van der Waals surface area contributed by atoms with E-state index in [4.69, 9.17) is 4.74 Å². The Morgan fingerprint density at radius 3 is 2.19 bits per heavy atom. The fourth-order valence-corrected chi connectivity index (χ4v) is 3.80. The highest BCUT2D eigenvalue weighted by atomic mass is 16.5. The van der Waals surface area contributed by atoms with Crippen molar-refractivity contribution in [2.45, 2.75) is 103 Å². The lowest BCUT2D eigenvalue weighted by atomic mass is 10.0. The molecule has 1 fully saturated rings. The number of ether oxygens (including phenoxy) is 1. The first-order chi connectivity index (χ1) is 12.8. The largest absolute Gasteiger partial charge is 0.462 e. The van der Waals surface area contributed by atoms with Gasteiger partial charge in [0.1, 0.15) is 6.10 Å². The fourth-order valence-electron chi connectivity index (χ4n) is 3.80. The average Bonchev–Trinajstić information content (AvgIpc) is 3.47. The van der Waals surface area contributed by atoms with E-state index in [0.717, 1.165) is 19.3 Å². The molecule has 1 aromatic carbocycles. The Labute approximate surface area is 160 Å². The van der Waals surface area contributed by atoms with Gasteiger partial charge >= 0.3 is 5.97 Å². The van der Waals surface area contributed by atoms with Crippen LogP contribution in [0.2, 0.25) is 0 Å². The molecule has 3 atom stereocenters. The predicted octanol–water partition coefficient (Wildman–Crippen LogP) is 7.03. The Morgan fingerprint density at radius 1 is 0.962 bits per heavy atom. The van der Waals surface area contributed by atoms with Crippen LogP contribution in [-0.2, 0) is 9.53 Å². The molecule has 1 aliphatic rings. The second-order valence-electron chi connectivity index (χ2n) is 7.94. The number of benzene rings is 1. The topological polar surface area (TPSA) is 26.3 Å². The fraction of sp³-hybridized carbons (Fsp3) is 0.708. The average molecular weight is 359 g/mol. The normalized spacial score (nSPS) is 19.9. The van der Waals surface area contributed by atoms with Crippen LogP contribution >= 0.6 is 0 Å². The van der Waals surface area contributed by atoms with Crippen LogP contribution in [0.15, 0.2) is 30.3 Å². The van der Waals surface area contributed by atoms with Gasteiger partial charge in [-0.2, -0.15) is 0 Å². The molecule has 0 heterocycles. The molecule has 1 saturated carbocycles. The van der Waals surface area contributed by atoms with Crippen molar-refractivity contribution in [2.24, 2.45) is 5.92 Å². The predicted molar refractivity (Wildman–Crippen MR) is 109 cm³/mol. The van der Waals surface area contributed by atoms with Crippen LogP contribution in [-0.4, -0.2) is 12.1 Å². The van der Waals surface area contributed by atoms with Gasteiger partial charge in [-0.25, -0.2) is 0 Å². The maximum Gasteiger partial charge on any atom is 0.309 e. The molecule has 0 aliphatic heterocycles. The molecule has 146 valence electrons. The zero-order valence-electron chi connectivity index (χ0n) is 16.9. The Morgan fingerprint density at radius 2 is 1.58 bits per heavy atom. The van der Waals surface area contributed by atoms with E-state index in [9.17, 15) is 4.79 Å². The van der Waals surface area contributed by atoms with Gasteiger partial charge in [0.15, 0.2) is 0 Å². The van der Waals surface area contributed by atoms with Gasteiger partial charge in [0.2, 0.25) is 0 Å². The summed E-state index contributed by atoms with van der Waals surface area (Å²) in [6.45, 7) is 4.40. The van der Waals surface area contributed by atoms with Crippen molar-refractivity contribution in [2.75, 3.05) is 0 Å². The first-order valence-electron chi connectivity index (χ1n) is 11.0. The SMILES string of the molecule is CCCCCCCCCCCC(CC)OC(=O)C1CC1c1ccccc1. The number of esters is 1. The van der Waals surface area contributed by atoms with Crippen molar-refractivity contribution >= 4 is 5.97 Å². The highest BCUT2D eigenvalue weighted by molar-refractivity contribution is 5.77. The van der Waals surface area contributed by atoms with E-state index in [2.05, 4.69) is 38.1 Å². The van der Waals surface area contributed by atoms with E-state index in [0.29, 0.717) is 5.92 Å². The number of hydrogen-bond acceptors (Lipinski definition) is 2. The third-order valence-corrected chi connectivity index (χ3v) is 5.69. The van der Waals surface area contributed by atoms with Gasteiger partial charge in [-0.3, -0.25) is 4.79 Å². The molecule has 1 aliphatic carbocycles. The first-order valence-corrected chi connectivity index (χ1v) is 11.0. The highest BCUT2D eigenvalue weighted by Crippen LogP contribution is 2.48. The van der Waals surface area contributed by atoms with Gasteiger partial charge < -0.3 is 4.74 Å². The molecular formula is C24H38O2. The van der Waals surface area contributed by atoms with Gasteiger partial charge in [0, 0.05) is 0 Å². The summed E-state index contributed by atoms with van der Waals surface area (Å²) in [6, 6.07) is 10.4. The summed E-state index contributed by atoms with van der Waals surface area (Å²) in [4.78, 5) is 12.4. The Bertz CT molecular complexity index is 496. The molecule has 2 heteroatoms. The minimum absolute atomic E-state index is 0.0293. The zero-order valence-corrected chi connectivity index (χ0v) is 16.9. The lowest BCUT2D eigenvalue weighted by molar-refractivity contribution is -0.151. The molecule has 0 bridgehead atoms. The van der Waals surface area contributed by atoms with Crippen molar-refractivity contribution in [3.05, 3.63) is 35.9 Å². The molecule has 0 amide bonds. The molecule has 0 N–H and O–H groups in total. The quantitative estimate of drug-likeness (QED) is 0.263. The zero-order chi connectivity index (χ0) is 18.6. The molecule has 2 nitrogen and oxygen atoms in total. The van der Waals surface area contributed by atoms with Crippen LogP contribution in [0.3, 0.4) is 0 Å². The number of carbonyl (C=O) groups excluding carboxylic acids is 1. The molecule has 0 spiro atoms. The van der Waals surface area contributed by atoms with E-state index in [-0.39, 0.29) is 18.0 Å². The van der Waals surface area contributed by atoms with Crippen molar-refractivity contribution in [1.29, 1.82) is 0 Å². The van der Waals surface area contributed by atoms with Gasteiger partial charge in [0.05, 0.1) is 5.92 Å². The third kappa shape index (κ3) is 7.51. The van der Waals surface area contributed by atoms with Crippen LogP contribution in [0.1, 0.15) is 102 Å². The Hall–Kier alpha value is -1.31. The van der Waals surface area contributed by atoms with E-state index >= 15 is 0 Å². The molecule has 0 saturated heterocycles. The molecular weight excluding hydrogens is 320 g/mol. The summed E-state index contributed by atoms with van der Waals surface area (Å²) in [5.41, 5.74) is 1.28. The minimum Gasteiger partial charge on any atom is -0.462 e. The highest BCUT2D eigenvalue weighted by Gasteiger charge is 2.45. The minimum atomic E-state index is 0.0293. The Kier molecular flexibility index (Phi) is 9.81. The second-order valence-corrected chi connectivity index (χ2v) is 7.94. The van der Waals surface area contributed by atoms with Crippen LogP contribution in [0.4, 0.5) is 0 Å². The number of carbonyl (C=O) groups is 1. The van der Waals surface area contributed by atoms with Crippen LogP contribution in [0.25, 0.3) is 0 Å². The molecule has 2 rings (SSSR count). The smallest absolute Gasteiger partial charge is 0.309 e. The van der Waals surface area contributed by atoms with Crippen molar-refractivity contribution < 1.29 is 9.53 Å². The monoisotopic (exact) mass is 358 g/mol. The summed E-state index contributed by atoms with van der Waals surface area (Å²) in [7, 11) is 0. The van der Waals surface area contributed by atoms with Gasteiger partial charge in [-0.15, -0.1) is 0 Å². The third-order valence-electron chi connectivity index (χ3n) is 5.69. The lowest BCUT2D eigenvalue weighted by Gasteiger charge is -2.16. The molecule has 1 aromatic rings. The second kappa shape index (κ2) is 12.1. The summed E-state index contributed by atoms with van der Waals surface area (Å²) in [6.07, 6.45) is 15.1. The summed E-state index contributed by atoms with van der Waals surface area (Å²) >= 11 is 0. The van der Waals surface area contributed by atoms with E-state index in [1.54, 1.807) is 0 Å². The number of hydrogen-bond donors (Lipinski definition) is 0. The maximum absolute atomic E-state index is 12.4. The summed E-state index contributed by atoms with van der Waals surface area (Å²) in [5, 5.41) is 0. The summed E-state index contributed by atoms with van der Waals surface area (Å²) in [5.74, 6) is 0.505. The maximum atomic E-state index is 12.4. The first kappa shape index (κ1) is 21.0. The van der Waals surface area contributed by atoms with Gasteiger partial charge in [0.25, 0.3) is 0 Å². The van der Waals surface area contributed by atoms with E-state index in [1.807, 2.05) is 6.07 Å². The number of rotatable bonds is 14. The standard InChI is InChI=1S/C24H38O2/c1-3-5-6-7-8-9-10-11-15-18-21(4-2)26-24(25)23-19-22(23)20-16-13-12-14-17-20/h12-14,16-17,21-23H,3-11,15,18-19H2,1-2H3. The van der Waals surface area contributed by atoms with Crippen molar-refractivity contribution in [1.82, 2.24) is 0 Å². The molecule has 3 unspecified atom stereocenters. The van der Waals surface area contributed by atoms with Crippen molar-refractivity contribution in [3.63, 3.8) is 0 Å². The molecule has 26 heavy (non-hydrogen) atoms. The van der Waals surface area contributed by atoms with E-state index in [1.165, 1.54) is 63.4 Å². The van der Waals surface area contributed by atoms with Gasteiger partial charge in [-0.05, 0) is 37.2 Å². The van der Waals surface area contributed by atoms with Crippen LogP contribution in [0.5, 0.6) is 0 Å². The van der Waals surface area contributed by atoms with E-state index < -0.39 is 0 Å². The summed E-state index contributed by atoms with van der Waals surface area (Å²) < 4.78 is 5.81. The van der Waals surface area contributed by atoms with Gasteiger partial charge in [-0.1, -0.05) is 95.5 Å². The molecule has 0 radical (unpaired) electrons. The lowest BCUT2D eigenvalue weighted by Crippen LogP contribution is -2.19. The number of unbranched alkanes of at least 4 members (excludes halogenated alkanes) is 8. The van der Waals surface area contributed by atoms with Crippen molar-refractivity contribution in [3.8, 4) is 0 Å². The van der Waals surface area contributed by atoms with Crippen LogP contribution < -0.4 is 0 Å². The van der Waals surface area contributed by atoms with Crippen LogP contribution in [0, 0.1) is 5.92 Å². The molecule has 0 aromatic heterocycles.